The van der Waals surface area contributed by atoms with Gasteiger partial charge in [0.05, 0.1) is 12.8 Å². The number of carbonyl (C=O) groups is 1. The fraction of sp³-hybridized carbons (Fsp3) is 0.471. The van der Waals surface area contributed by atoms with Gasteiger partial charge in [0.1, 0.15) is 17.9 Å². The van der Waals surface area contributed by atoms with Gasteiger partial charge in [0.2, 0.25) is 5.91 Å². The molecule has 1 heterocycles. The van der Waals surface area contributed by atoms with Crippen molar-refractivity contribution in [3.8, 4) is 0 Å². The van der Waals surface area contributed by atoms with Gasteiger partial charge in [0.25, 0.3) is 0 Å². The predicted octanol–water partition coefficient (Wildman–Crippen LogP) is 3.80. The topological polar surface area (TPSA) is 64.1 Å². The lowest BCUT2D eigenvalue weighted by Gasteiger charge is -2.17. The number of amides is 1. The van der Waals surface area contributed by atoms with Gasteiger partial charge in [-0.25, -0.2) is 9.97 Å². The number of hydrogen-bond donors (Lipinski definition) is 1. The van der Waals surface area contributed by atoms with Crippen molar-refractivity contribution in [1.82, 2.24) is 9.97 Å². The largest absolute Gasteiger partial charge is 0.501 e. The minimum atomic E-state index is -0.478. The molecule has 0 aliphatic rings. The summed E-state index contributed by atoms with van der Waals surface area (Å²) in [6.45, 7) is 9.51. The summed E-state index contributed by atoms with van der Waals surface area (Å²) < 4.78 is 5.32. The highest BCUT2D eigenvalue weighted by atomic mass is 16.5. The second kappa shape index (κ2) is 7.73. The maximum atomic E-state index is 12.1. The van der Waals surface area contributed by atoms with E-state index in [1.807, 2.05) is 39.8 Å². The highest BCUT2D eigenvalue weighted by Gasteiger charge is 2.21. The molecule has 0 aromatic carbocycles. The maximum absolute atomic E-state index is 12.1. The van der Waals surface area contributed by atoms with E-state index in [1.54, 1.807) is 13.2 Å². The second-order valence-electron chi connectivity index (χ2n) is 5.98. The van der Waals surface area contributed by atoms with Crippen LogP contribution in [-0.2, 0) is 9.53 Å². The first-order chi connectivity index (χ1) is 10.3. The normalized spacial score (nSPS) is 13.0. The molecule has 1 amide bonds. The van der Waals surface area contributed by atoms with Crippen LogP contribution in [0.3, 0.4) is 0 Å². The molecule has 0 unspecified atom stereocenters. The molecular formula is C17H25N3O2. The zero-order valence-corrected chi connectivity index (χ0v) is 14.2. The molecule has 1 aromatic rings. The number of rotatable bonds is 5. The summed E-state index contributed by atoms with van der Waals surface area (Å²) in [6.07, 6.45) is 6.36. The molecule has 0 fully saturated rings. The lowest BCUT2D eigenvalue weighted by atomic mass is 9.96. The van der Waals surface area contributed by atoms with Crippen LogP contribution in [0.5, 0.6) is 0 Å². The van der Waals surface area contributed by atoms with Crippen LogP contribution in [0.4, 0.5) is 5.82 Å². The monoisotopic (exact) mass is 303 g/mol. The van der Waals surface area contributed by atoms with E-state index < -0.39 is 5.41 Å². The first kappa shape index (κ1) is 17.9. The van der Waals surface area contributed by atoms with Gasteiger partial charge in [0, 0.05) is 17.1 Å². The Bertz CT molecular complexity index is 584. The van der Waals surface area contributed by atoms with E-state index in [-0.39, 0.29) is 5.91 Å². The summed E-state index contributed by atoms with van der Waals surface area (Å²) in [5.41, 5.74) is 1.11. The summed E-state index contributed by atoms with van der Waals surface area (Å²) in [4.78, 5) is 20.4. The predicted molar refractivity (Wildman–Crippen MR) is 89.2 cm³/mol. The highest BCUT2D eigenvalue weighted by Crippen LogP contribution is 2.22. The standard InChI is InChI=1S/C17H25N3O2/c1-7-8-9-13(12(2)22-6)14-10-15(19-11-18-14)20-16(21)17(3,4)5/h8-11H,7H2,1-6H3,(H,18,19,20,21)/b9-8-,13-12-. The minimum absolute atomic E-state index is 0.0877. The number of nitrogens with one attached hydrogen (secondary N) is 1. The molecule has 0 radical (unpaired) electrons. The van der Waals surface area contributed by atoms with E-state index in [0.717, 1.165) is 17.8 Å². The molecule has 5 heteroatoms. The Morgan fingerprint density at radius 1 is 1.36 bits per heavy atom. The molecule has 0 aliphatic carbocycles. The van der Waals surface area contributed by atoms with E-state index >= 15 is 0 Å². The Balaban J connectivity index is 3.14. The molecule has 1 N–H and O–H groups in total. The van der Waals surface area contributed by atoms with Crippen molar-refractivity contribution < 1.29 is 9.53 Å². The molecule has 0 saturated carbocycles. The first-order valence-corrected chi connectivity index (χ1v) is 7.34. The van der Waals surface area contributed by atoms with Gasteiger partial charge in [-0.1, -0.05) is 39.8 Å². The van der Waals surface area contributed by atoms with Crippen LogP contribution >= 0.6 is 0 Å². The van der Waals surface area contributed by atoms with E-state index in [0.29, 0.717) is 11.5 Å². The molecule has 1 rings (SSSR count). The third-order valence-corrected chi connectivity index (χ3v) is 3.07. The van der Waals surface area contributed by atoms with Gasteiger partial charge in [-0.2, -0.15) is 0 Å². The van der Waals surface area contributed by atoms with Crippen LogP contribution in [-0.4, -0.2) is 23.0 Å². The Morgan fingerprint density at radius 2 is 2.05 bits per heavy atom. The number of nitrogens with zero attached hydrogens (tertiary/aromatic N) is 2. The van der Waals surface area contributed by atoms with Gasteiger partial charge in [-0.15, -0.1) is 0 Å². The van der Waals surface area contributed by atoms with Crippen LogP contribution < -0.4 is 5.32 Å². The first-order valence-electron chi connectivity index (χ1n) is 7.34. The fourth-order valence-electron chi connectivity index (χ4n) is 1.61. The Hall–Kier alpha value is -2.17. The SMILES string of the molecule is CC/C=C\C(=C(/C)OC)c1cc(NC(=O)C(C)(C)C)ncn1. The number of carbonyl (C=O) groups excluding carboxylic acids is 1. The average molecular weight is 303 g/mol. The van der Waals surface area contributed by atoms with Crippen molar-refractivity contribution >= 4 is 17.3 Å². The number of anilines is 1. The Labute approximate surface area is 132 Å². The van der Waals surface area contributed by atoms with Crippen molar-refractivity contribution in [2.45, 2.75) is 41.0 Å². The number of ether oxygens (including phenoxy) is 1. The molecule has 0 bridgehead atoms. The molecular weight excluding hydrogens is 278 g/mol. The molecule has 0 spiro atoms. The molecule has 0 saturated heterocycles. The van der Waals surface area contributed by atoms with Crippen LogP contribution in [0.2, 0.25) is 0 Å². The summed E-state index contributed by atoms with van der Waals surface area (Å²) in [6, 6.07) is 1.75. The lowest BCUT2D eigenvalue weighted by molar-refractivity contribution is -0.123. The number of aromatic nitrogens is 2. The third kappa shape index (κ3) is 4.98. The van der Waals surface area contributed by atoms with Crippen molar-refractivity contribution in [3.63, 3.8) is 0 Å². The molecule has 0 atom stereocenters. The van der Waals surface area contributed by atoms with E-state index in [2.05, 4.69) is 22.2 Å². The second-order valence-corrected chi connectivity index (χ2v) is 5.98. The molecule has 5 nitrogen and oxygen atoms in total. The molecule has 120 valence electrons. The van der Waals surface area contributed by atoms with Crippen molar-refractivity contribution in [1.29, 1.82) is 0 Å². The smallest absolute Gasteiger partial charge is 0.230 e. The van der Waals surface area contributed by atoms with Gasteiger partial charge in [0.15, 0.2) is 0 Å². The summed E-state index contributed by atoms with van der Waals surface area (Å²) >= 11 is 0. The fourth-order valence-corrected chi connectivity index (χ4v) is 1.61. The van der Waals surface area contributed by atoms with Gasteiger partial charge in [-0.3, -0.25) is 4.79 Å². The number of hydrogen-bond acceptors (Lipinski definition) is 4. The summed E-state index contributed by atoms with van der Waals surface area (Å²) in [5.74, 6) is 1.16. The van der Waals surface area contributed by atoms with Crippen molar-refractivity contribution in [2.75, 3.05) is 12.4 Å². The van der Waals surface area contributed by atoms with Crippen LogP contribution in [0.1, 0.15) is 46.7 Å². The molecule has 0 aliphatic heterocycles. The van der Waals surface area contributed by atoms with E-state index in [9.17, 15) is 4.79 Å². The van der Waals surface area contributed by atoms with Crippen molar-refractivity contribution in [2.24, 2.45) is 5.41 Å². The van der Waals surface area contributed by atoms with Gasteiger partial charge >= 0.3 is 0 Å². The Kier molecular flexibility index (Phi) is 6.28. The average Bonchev–Trinajstić information content (AvgIpc) is 2.46. The van der Waals surface area contributed by atoms with Gasteiger partial charge in [-0.05, 0) is 13.3 Å². The molecule has 1 aromatic heterocycles. The zero-order valence-electron chi connectivity index (χ0n) is 14.2. The lowest BCUT2D eigenvalue weighted by Crippen LogP contribution is -2.28. The number of allylic oxidation sites excluding steroid dienone is 4. The summed E-state index contributed by atoms with van der Waals surface area (Å²) in [7, 11) is 1.62. The third-order valence-electron chi connectivity index (χ3n) is 3.07. The zero-order chi connectivity index (χ0) is 16.8. The van der Waals surface area contributed by atoms with Crippen LogP contribution in [0, 0.1) is 5.41 Å². The minimum Gasteiger partial charge on any atom is -0.501 e. The van der Waals surface area contributed by atoms with E-state index in [4.69, 9.17) is 4.74 Å². The maximum Gasteiger partial charge on any atom is 0.230 e. The van der Waals surface area contributed by atoms with Crippen LogP contribution in [0.25, 0.3) is 5.57 Å². The number of methoxy groups -OCH3 is 1. The van der Waals surface area contributed by atoms with E-state index in [1.165, 1.54) is 6.33 Å². The Morgan fingerprint density at radius 3 is 2.59 bits per heavy atom. The summed E-state index contributed by atoms with van der Waals surface area (Å²) in [5, 5.41) is 2.81. The highest BCUT2D eigenvalue weighted by molar-refractivity contribution is 5.94. The molecule has 22 heavy (non-hydrogen) atoms. The quantitative estimate of drug-likeness (QED) is 0.663. The van der Waals surface area contributed by atoms with Crippen molar-refractivity contribution in [3.05, 3.63) is 36.0 Å². The van der Waals surface area contributed by atoms with Gasteiger partial charge < -0.3 is 10.1 Å². The van der Waals surface area contributed by atoms with Crippen LogP contribution in [0.15, 0.2) is 30.3 Å².